The van der Waals surface area contributed by atoms with Crippen LogP contribution in [0.5, 0.6) is 0 Å². The average Bonchev–Trinajstić information content (AvgIpc) is 3.14. The maximum Gasteiger partial charge on any atom is 0.183 e. The molecular weight excluding hydrogens is 375 g/mol. The van der Waals surface area contributed by atoms with Gasteiger partial charge in [-0.3, -0.25) is 0 Å². The molecule has 0 spiro atoms. The molecular formula is C18H14Cl2N4S. The molecule has 5 rings (SSSR count). The van der Waals surface area contributed by atoms with Gasteiger partial charge in [0.25, 0.3) is 0 Å². The van der Waals surface area contributed by atoms with Crippen molar-refractivity contribution in [3.05, 3.63) is 45.0 Å². The summed E-state index contributed by atoms with van der Waals surface area (Å²) in [7, 11) is 0. The van der Waals surface area contributed by atoms with Gasteiger partial charge < -0.3 is 0 Å². The first kappa shape index (κ1) is 15.6. The van der Waals surface area contributed by atoms with Crippen molar-refractivity contribution in [2.24, 2.45) is 5.92 Å². The predicted molar refractivity (Wildman–Crippen MR) is 103 cm³/mol. The van der Waals surface area contributed by atoms with E-state index in [-0.39, 0.29) is 0 Å². The molecule has 4 nitrogen and oxygen atoms in total. The van der Waals surface area contributed by atoms with Crippen molar-refractivity contribution >= 4 is 50.4 Å². The second-order valence-electron chi connectivity index (χ2n) is 6.60. The highest BCUT2D eigenvalue weighted by molar-refractivity contribution is 7.19. The number of aryl methyl sites for hydroxylation is 1. The van der Waals surface area contributed by atoms with Crippen molar-refractivity contribution in [1.29, 1.82) is 0 Å². The Kier molecular flexibility index (Phi) is 3.52. The molecule has 4 aromatic rings. The number of rotatable bonds is 1. The van der Waals surface area contributed by atoms with Crippen LogP contribution in [-0.4, -0.2) is 19.6 Å². The van der Waals surface area contributed by atoms with Crippen LogP contribution >= 0.6 is 34.5 Å². The van der Waals surface area contributed by atoms with Crippen LogP contribution in [-0.2, 0) is 12.8 Å². The van der Waals surface area contributed by atoms with E-state index in [0.29, 0.717) is 15.9 Å². The van der Waals surface area contributed by atoms with Crippen molar-refractivity contribution in [1.82, 2.24) is 19.6 Å². The molecule has 1 aliphatic rings. The fraction of sp³-hybridized carbons (Fsp3) is 0.278. The number of hydrogen-bond donors (Lipinski definition) is 0. The van der Waals surface area contributed by atoms with Crippen LogP contribution in [0, 0.1) is 5.92 Å². The fourth-order valence-electron chi connectivity index (χ4n) is 3.52. The molecule has 1 atom stereocenters. The first-order valence-corrected chi connectivity index (χ1v) is 9.78. The second-order valence-corrected chi connectivity index (χ2v) is 8.53. The van der Waals surface area contributed by atoms with Crippen LogP contribution in [0.15, 0.2) is 24.5 Å². The summed E-state index contributed by atoms with van der Waals surface area (Å²) in [6, 6.07) is 5.37. The van der Waals surface area contributed by atoms with Crippen molar-refractivity contribution in [3.63, 3.8) is 0 Å². The standard InChI is InChI=1S/C18H14Cl2N4S/c1-9-2-4-12-14(6-9)25-18-15(12)17-22-16(23-24(17)8-21-18)11-5-3-10(19)7-13(11)20/h3,5,7-9H,2,4,6H2,1H3. The van der Waals surface area contributed by atoms with Crippen molar-refractivity contribution in [2.45, 2.75) is 26.2 Å². The summed E-state index contributed by atoms with van der Waals surface area (Å²) >= 11 is 14.1. The topological polar surface area (TPSA) is 43.1 Å². The maximum atomic E-state index is 6.33. The molecule has 0 N–H and O–H groups in total. The monoisotopic (exact) mass is 388 g/mol. The molecule has 126 valence electrons. The van der Waals surface area contributed by atoms with Gasteiger partial charge >= 0.3 is 0 Å². The van der Waals surface area contributed by atoms with Crippen LogP contribution in [0.1, 0.15) is 23.8 Å². The van der Waals surface area contributed by atoms with Gasteiger partial charge in [0.2, 0.25) is 0 Å². The molecule has 0 saturated heterocycles. The van der Waals surface area contributed by atoms with Gasteiger partial charge in [-0.15, -0.1) is 16.4 Å². The molecule has 3 heterocycles. The summed E-state index contributed by atoms with van der Waals surface area (Å²) in [6.45, 7) is 2.31. The smallest absolute Gasteiger partial charge is 0.183 e. The molecule has 0 fully saturated rings. The molecule has 0 aliphatic heterocycles. The van der Waals surface area contributed by atoms with Crippen LogP contribution in [0.25, 0.3) is 27.3 Å². The summed E-state index contributed by atoms with van der Waals surface area (Å²) in [4.78, 5) is 11.9. The fourth-order valence-corrected chi connectivity index (χ4v) is 5.36. The third kappa shape index (κ3) is 2.45. The molecule has 1 aromatic carbocycles. The number of hydrogen-bond acceptors (Lipinski definition) is 4. The Morgan fingerprint density at radius 2 is 2.16 bits per heavy atom. The largest absolute Gasteiger partial charge is 0.225 e. The zero-order chi connectivity index (χ0) is 17.1. The molecule has 0 radical (unpaired) electrons. The lowest BCUT2D eigenvalue weighted by Gasteiger charge is -2.17. The number of halogens is 2. The Bertz CT molecular complexity index is 1130. The molecule has 1 aliphatic carbocycles. The van der Waals surface area contributed by atoms with E-state index in [1.54, 1.807) is 34.3 Å². The minimum Gasteiger partial charge on any atom is -0.225 e. The zero-order valence-electron chi connectivity index (χ0n) is 13.5. The minimum atomic E-state index is 0.550. The van der Waals surface area contributed by atoms with Gasteiger partial charge in [-0.05, 0) is 48.9 Å². The van der Waals surface area contributed by atoms with Crippen LogP contribution in [0.3, 0.4) is 0 Å². The molecule has 25 heavy (non-hydrogen) atoms. The molecule has 0 saturated carbocycles. The first-order chi connectivity index (χ1) is 12.1. The van der Waals surface area contributed by atoms with Crippen LogP contribution in [0.2, 0.25) is 10.0 Å². The summed E-state index contributed by atoms with van der Waals surface area (Å²) in [6.07, 6.45) is 5.17. The van der Waals surface area contributed by atoms with Gasteiger partial charge in [-0.2, -0.15) is 0 Å². The lowest BCUT2D eigenvalue weighted by atomic mass is 9.89. The highest BCUT2D eigenvalue weighted by Crippen LogP contribution is 2.39. The Morgan fingerprint density at radius 1 is 1.28 bits per heavy atom. The normalized spacial score (nSPS) is 17.3. The van der Waals surface area contributed by atoms with E-state index in [1.165, 1.54) is 16.9 Å². The Labute approximate surface area is 158 Å². The zero-order valence-corrected chi connectivity index (χ0v) is 15.8. The number of nitrogens with zero attached hydrogens (tertiary/aromatic N) is 4. The van der Waals surface area contributed by atoms with E-state index >= 15 is 0 Å². The molecule has 7 heteroatoms. The average molecular weight is 389 g/mol. The van der Waals surface area contributed by atoms with Crippen LogP contribution < -0.4 is 0 Å². The van der Waals surface area contributed by atoms with Gasteiger partial charge in [0.15, 0.2) is 11.5 Å². The van der Waals surface area contributed by atoms with Gasteiger partial charge in [0.05, 0.1) is 10.4 Å². The molecule has 3 aromatic heterocycles. The number of thiophene rings is 1. The van der Waals surface area contributed by atoms with E-state index in [4.69, 9.17) is 28.2 Å². The Balaban J connectivity index is 1.75. The Hall–Kier alpha value is -1.69. The molecule has 1 unspecified atom stereocenters. The van der Waals surface area contributed by atoms with Gasteiger partial charge in [-0.25, -0.2) is 14.5 Å². The third-order valence-corrected chi connectivity index (χ3v) is 6.51. The lowest BCUT2D eigenvalue weighted by Crippen LogP contribution is -2.08. The molecule has 0 amide bonds. The first-order valence-electron chi connectivity index (χ1n) is 8.21. The number of aromatic nitrogens is 4. The van der Waals surface area contributed by atoms with Crippen LogP contribution in [0.4, 0.5) is 0 Å². The van der Waals surface area contributed by atoms with E-state index in [0.717, 1.165) is 40.2 Å². The van der Waals surface area contributed by atoms with E-state index in [9.17, 15) is 0 Å². The quantitative estimate of drug-likeness (QED) is 0.436. The van der Waals surface area contributed by atoms with E-state index in [1.807, 2.05) is 6.07 Å². The molecule has 0 bridgehead atoms. The third-order valence-electron chi connectivity index (χ3n) is 4.80. The van der Waals surface area contributed by atoms with Crippen molar-refractivity contribution < 1.29 is 0 Å². The number of benzene rings is 1. The summed E-state index contributed by atoms with van der Waals surface area (Å²) in [5.74, 6) is 1.33. The summed E-state index contributed by atoms with van der Waals surface area (Å²) < 4.78 is 1.76. The van der Waals surface area contributed by atoms with Gasteiger partial charge in [0.1, 0.15) is 11.2 Å². The summed E-state index contributed by atoms with van der Waals surface area (Å²) in [5.41, 5.74) is 3.04. The van der Waals surface area contributed by atoms with Gasteiger partial charge in [-0.1, -0.05) is 30.1 Å². The Morgan fingerprint density at radius 3 is 3.00 bits per heavy atom. The van der Waals surface area contributed by atoms with E-state index < -0.39 is 0 Å². The summed E-state index contributed by atoms with van der Waals surface area (Å²) in [5, 5.41) is 6.89. The second kappa shape index (κ2) is 5.66. The number of fused-ring (bicyclic) bond motifs is 5. The SMILES string of the molecule is CC1CCc2c(sc3ncn4nc(-c5ccc(Cl)cc5Cl)nc4c23)C1. The highest BCUT2D eigenvalue weighted by Gasteiger charge is 2.24. The van der Waals surface area contributed by atoms with Gasteiger partial charge in [0, 0.05) is 15.5 Å². The van der Waals surface area contributed by atoms with Crippen molar-refractivity contribution in [2.75, 3.05) is 0 Å². The lowest BCUT2D eigenvalue weighted by molar-refractivity contribution is 0.509. The minimum absolute atomic E-state index is 0.550. The maximum absolute atomic E-state index is 6.33. The van der Waals surface area contributed by atoms with Crippen molar-refractivity contribution in [3.8, 4) is 11.4 Å². The van der Waals surface area contributed by atoms with E-state index in [2.05, 4.69) is 17.0 Å². The highest BCUT2D eigenvalue weighted by atomic mass is 35.5. The predicted octanol–water partition coefficient (Wildman–Crippen LogP) is 5.44.